The molecule has 0 spiro atoms. The maximum Gasteiger partial charge on any atom is 0.303 e. The van der Waals surface area contributed by atoms with E-state index < -0.39 is 12.1 Å². The number of unbranched alkanes of at least 4 members (excludes halogenated alkanes) is 5. The molecule has 23 heavy (non-hydrogen) atoms. The molecule has 3 atom stereocenters. The molecule has 0 fully saturated rings. The van der Waals surface area contributed by atoms with Gasteiger partial charge in [-0.25, -0.2) is 0 Å². The Kier molecular flexibility index (Phi) is 14.5. The minimum Gasteiger partial charge on any atom is -0.481 e. The molecule has 0 saturated carbocycles. The number of carboxylic acid groups (broad SMARTS) is 1. The van der Waals surface area contributed by atoms with Crippen LogP contribution in [-0.2, 0) is 4.79 Å². The van der Waals surface area contributed by atoms with E-state index in [2.05, 4.69) is 0 Å². The second kappa shape index (κ2) is 14.9. The monoisotopic (exact) mass is 332 g/mol. The summed E-state index contributed by atoms with van der Waals surface area (Å²) in [7, 11) is 0. The summed E-state index contributed by atoms with van der Waals surface area (Å²) in [6.45, 7) is 1.92. The summed E-state index contributed by atoms with van der Waals surface area (Å²) in [6, 6.07) is 0. The number of carboxylic acids is 1. The average Bonchev–Trinajstić information content (AvgIpc) is 2.52. The van der Waals surface area contributed by atoms with Gasteiger partial charge in [-0.05, 0) is 44.9 Å². The lowest BCUT2D eigenvalue weighted by molar-refractivity contribution is -0.137. The van der Waals surface area contributed by atoms with E-state index >= 15 is 0 Å². The molecule has 0 heterocycles. The normalized spacial score (nSPS) is 15.3. The molecule has 3 unspecified atom stereocenters. The van der Waals surface area contributed by atoms with E-state index in [0.29, 0.717) is 32.1 Å². The highest BCUT2D eigenvalue weighted by Gasteiger charge is 2.11. The molecule has 0 aliphatic carbocycles. The fourth-order valence-electron chi connectivity index (χ4n) is 2.63. The molecular formula is C18H36O5. The highest BCUT2D eigenvalue weighted by molar-refractivity contribution is 5.66. The van der Waals surface area contributed by atoms with E-state index in [0.717, 1.165) is 44.9 Å². The first-order valence-electron chi connectivity index (χ1n) is 9.21. The predicted octanol–water partition coefficient (Wildman–Crippen LogP) is 3.24. The second-order valence-corrected chi connectivity index (χ2v) is 6.58. The van der Waals surface area contributed by atoms with Gasteiger partial charge in [0.05, 0.1) is 18.3 Å². The van der Waals surface area contributed by atoms with Crippen LogP contribution in [0.2, 0.25) is 0 Å². The van der Waals surface area contributed by atoms with Gasteiger partial charge in [0.15, 0.2) is 0 Å². The zero-order valence-electron chi connectivity index (χ0n) is 14.6. The maximum atomic E-state index is 10.4. The van der Waals surface area contributed by atoms with Gasteiger partial charge in [0.2, 0.25) is 0 Å². The Balaban J connectivity index is 3.39. The Bertz CT molecular complexity index is 283. The molecule has 0 aromatic carbocycles. The highest BCUT2D eigenvalue weighted by atomic mass is 16.4. The molecule has 0 bridgehead atoms. The van der Waals surface area contributed by atoms with Crippen molar-refractivity contribution in [2.24, 2.45) is 0 Å². The second-order valence-electron chi connectivity index (χ2n) is 6.58. The van der Waals surface area contributed by atoms with Gasteiger partial charge >= 0.3 is 5.97 Å². The van der Waals surface area contributed by atoms with Crippen molar-refractivity contribution in [2.45, 2.75) is 109 Å². The number of aliphatic carboxylic acids is 1. The van der Waals surface area contributed by atoms with Gasteiger partial charge < -0.3 is 20.4 Å². The van der Waals surface area contributed by atoms with Gasteiger partial charge in [-0.15, -0.1) is 0 Å². The first kappa shape index (κ1) is 22.4. The number of aliphatic hydroxyl groups is 3. The van der Waals surface area contributed by atoms with Crippen LogP contribution in [-0.4, -0.2) is 44.7 Å². The average molecular weight is 332 g/mol. The predicted molar refractivity (Wildman–Crippen MR) is 91.4 cm³/mol. The molecular weight excluding hydrogens is 296 g/mol. The van der Waals surface area contributed by atoms with Crippen LogP contribution >= 0.6 is 0 Å². The van der Waals surface area contributed by atoms with Crippen molar-refractivity contribution >= 4 is 5.97 Å². The number of hydrogen-bond donors (Lipinski definition) is 4. The largest absolute Gasteiger partial charge is 0.481 e. The topological polar surface area (TPSA) is 98.0 Å². The molecule has 0 aliphatic rings. The van der Waals surface area contributed by atoms with Crippen molar-refractivity contribution in [3.8, 4) is 0 Å². The summed E-state index contributed by atoms with van der Waals surface area (Å²) in [6.07, 6.45) is 8.95. The van der Waals surface area contributed by atoms with Gasteiger partial charge in [0.25, 0.3) is 0 Å². The molecule has 0 aromatic rings. The lowest BCUT2D eigenvalue weighted by Crippen LogP contribution is -2.15. The first-order valence-corrected chi connectivity index (χ1v) is 9.21. The Morgan fingerprint density at radius 1 is 0.696 bits per heavy atom. The fourth-order valence-corrected chi connectivity index (χ4v) is 2.63. The molecule has 5 heteroatoms. The van der Waals surface area contributed by atoms with Crippen molar-refractivity contribution in [3.63, 3.8) is 0 Å². The SMILES string of the molecule is CCC(O)CCC(O)CCC(O)CCCCCCCCC(=O)O. The van der Waals surface area contributed by atoms with Crippen LogP contribution in [0.5, 0.6) is 0 Å². The summed E-state index contributed by atoms with van der Waals surface area (Å²) in [5.74, 6) is -0.723. The van der Waals surface area contributed by atoms with Crippen LogP contribution in [0.4, 0.5) is 0 Å². The van der Waals surface area contributed by atoms with E-state index in [-0.39, 0.29) is 18.6 Å². The number of carbonyl (C=O) groups is 1. The third kappa shape index (κ3) is 16.0. The molecule has 0 saturated heterocycles. The molecule has 4 N–H and O–H groups in total. The number of hydrogen-bond acceptors (Lipinski definition) is 4. The van der Waals surface area contributed by atoms with Gasteiger partial charge in [-0.2, -0.15) is 0 Å². The van der Waals surface area contributed by atoms with Gasteiger partial charge in [-0.3, -0.25) is 4.79 Å². The summed E-state index contributed by atoms with van der Waals surface area (Å²) >= 11 is 0. The Morgan fingerprint density at radius 2 is 1.13 bits per heavy atom. The zero-order valence-corrected chi connectivity index (χ0v) is 14.6. The summed E-state index contributed by atoms with van der Waals surface area (Å²) < 4.78 is 0. The maximum absolute atomic E-state index is 10.4. The van der Waals surface area contributed by atoms with E-state index in [4.69, 9.17) is 5.11 Å². The van der Waals surface area contributed by atoms with Crippen molar-refractivity contribution in [1.29, 1.82) is 0 Å². The van der Waals surface area contributed by atoms with Gasteiger partial charge in [0, 0.05) is 6.42 Å². The number of rotatable bonds is 16. The molecule has 0 aliphatic heterocycles. The summed E-state index contributed by atoms with van der Waals surface area (Å²) in [5.41, 5.74) is 0. The standard InChI is InChI=1S/C18H36O5/c1-2-15(19)11-12-17(21)14-13-16(20)9-7-5-3-4-6-8-10-18(22)23/h15-17,19-21H,2-14H2,1H3,(H,22,23). The lowest BCUT2D eigenvalue weighted by atomic mass is 10.00. The minimum absolute atomic E-state index is 0.260. The van der Waals surface area contributed by atoms with Crippen molar-refractivity contribution in [2.75, 3.05) is 0 Å². The van der Waals surface area contributed by atoms with E-state index in [9.17, 15) is 20.1 Å². The van der Waals surface area contributed by atoms with Crippen LogP contribution in [0.1, 0.15) is 90.4 Å². The van der Waals surface area contributed by atoms with Crippen LogP contribution < -0.4 is 0 Å². The van der Waals surface area contributed by atoms with E-state index in [1.54, 1.807) is 0 Å². The summed E-state index contributed by atoms with van der Waals surface area (Å²) in [5, 5.41) is 37.7. The molecule has 0 rings (SSSR count). The third-order valence-corrected chi connectivity index (χ3v) is 4.32. The molecule has 0 amide bonds. The van der Waals surface area contributed by atoms with Gasteiger partial charge in [-0.1, -0.05) is 39.0 Å². The fraction of sp³-hybridized carbons (Fsp3) is 0.944. The third-order valence-electron chi connectivity index (χ3n) is 4.32. The molecule has 138 valence electrons. The molecule has 0 radical (unpaired) electrons. The van der Waals surface area contributed by atoms with E-state index in [1.165, 1.54) is 0 Å². The minimum atomic E-state index is -0.723. The van der Waals surface area contributed by atoms with Crippen LogP contribution in [0.3, 0.4) is 0 Å². The van der Waals surface area contributed by atoms with Crippen LogP contribution in [0, 0.1) is 0 Å². The molecule has 5 nitrogen and oxygen atoms in total. The Morgan fingerprint density at radius 3 is 1.65 bits per heavy atom. The van der Waals surface area contributed by atoms with Crippen molar-refractivity contribution in [3.05, 3.63) is 0 Å². The van der Waals surface area contributed by atoms with E-state index in [1.807, 2.05) is 6.92 Å². The van der Waals surface area contributed by atoms with Crippen molar-refractivity contribution < 1.29 is 25.2 Å². The zero-order chi connectivity index (χ0) is 17.5. The van der Waals surface area contributed by atoms with Crippen LogP contribution in [0.15, 0.2) is 0 Å². The quantitative estimate of drug-likeness (QED) is 0.325. The molecule has 0 aromatic heterocycles. The first-order chi connectivity index (χ1) is 11.0. The Labute approximate surface area is 140 Å². The van der Waals surface area contributed by atoms with Crippen LogP contribution in [0.25, 0.3) is 0 Å². The van der Waals surface area contributed by atoms with Gasteiger partial charge in [0.1, 0.15) is 0 Å². The summed E-state index contributed by atoms with van der Waals surface area (Å²) in [4.78, 5) is 10.4. The lowest BCUT2D eigenvalue weighted by Gasteiger charge is -2.15. The number of aliphatic hydroxyl groups excluding tert-OH is 3. The smallest absolute Gasteiger partial charge is 0.303 e. The Hall–Kier alpha value is -0.650. The highest BCUT2D eigenvalue weighted by Crippen LogP contribution is 2.15. The van der Waals surface area contributed by atoms with Crippen molar-refractivity contribution in [1.82, 2.24) is 0 Å².